The Balaban J connectivity index is 1.64. The predicted octanol–water partition coefficient (Wildman–Crippen LogP) is 5.36. The van der Waals surface area contributed by atoms with E-state index in [2.05, 4.69) is 10.2 Å². The number of allylic oxidation sites excluding steroid dienone is 4. The number of carbonyl (C=O) groups is 3. The second-order valence-corrected chi connectivity index (χ2v) is 9.85. The summed E-state index contributed by atoms with van der Waals surface area (Å²) in [7, 11) is 0. The number of anilines is 1. The van der Waals surface area contributed by atoms with E-state index in [1.165, 1.54) is 16.8 Å². The Labute approximate surface area is 249 Å². The zero-order chi connectivity index (χ0) is 30.9. The van der Waals surface area contributed by atoms with Crippen molar-refractivity contribution >= 4 is 35.3 Å². The van der Waals surface area contributed by atoms with Gasteiger partial charge in [-0.25, -0.2) is 14.3 Å². The van der Waals surface area contributed by atoms with E-state index in [0.29, 0.717) is 24.2 Å². The molecule has 0 radical (unpaired) electrons. The summed E-state index contributed by atoms with van der Waals surface area (Å²) in [5.74, 6) is -1.83. The molecular formula is C33H34N4O6. The van der Waals surface area contributed by atoms with Crippen LogP contribution in [0.5, 0.6) is 0 Å². The van der Waals surface area contributed by atoms with Crippen LogP contribution in [0.1, 0.15) is 56.6 Å². The first-order valence-corrected chi connectivity index (χ1v) is 14.1. The van der Waals surface area contributed by atoms with Gasteiger partial charge >= 0.3 is 11.9 Å². The van der Waals surface area contributed by atoms with Crippen LogP contribution in [0.2, 0.25) is 0 Å². The number of aromatic amines is 1. The summed E-state index contributed by atoms with van der Waals surface area (Å²) in [6.45, 7) is 7.31. The van der Waals surface area contributed by atoms with E-state index in [4.69, 9.17) is 9.47 Å². The molecule has 1 amide bonds. The molecule has 0 spiro atoms. The standard InChI is InChI=1S/C33H34N4O6/c1-5-22(3)42-32(40)28-26(30(38)36(34-28)24-16-10-7-11-17-24)20-14-9-15-21-27-29(33(41)43-23(4)6-2)35-37(31(27)39)25-18-12-8-13-19-25/h7-23,34H,5-6H2,1-4H3/b15-9+,20-14+,27-21-. The summed E-state index contributed by atoms with van der Waals surface area (Å²) in [6, 6.07) is 17.6. The molecule has 43 heavy (non-hydrogen) atoms. The summed E-state index contributed by atoms with van der Waals surface area (Å²) in [6.07, 6.45) is 8.17. The normalized spacial score (nSPS) is 15.7. The molecule has 0 bridgehead atoms. The number of carbonyl (C=O) groups excluding carboxylic acids is 3. The number of hydrazone groups is 1. The van der Waals surface area contributed by atoms with Gasteiger partial charge < -0.3 is 9.47 Å². The summed E-state index contributed by atoms with van der Waals surface area (Å²) in [5.41, 5.74) is 0.722. The fraction of sp³-hybridized carbons (Fsp3) is 0.242. The SMILES string of the molecule is CCC(C)OC(=O)C1=NN(c2ccccc2)C(=O)\C1=C/C=C/C=C/c1c(C(=O)OC(C)CC)[nH]n(-c2ccccc2)c1=O. The molecule has 2 unspecified atom stereocenters. The molecule has 2 atom stereocenters. The second kappa shape index (κ2) is 14.1. The van der Waals surface area contributed by atoms with E-state index in [1.807, 2.05) is 26.0 Å². The third-order valence-corrected chi connectivity index (χ3v) is 6.73. The number of ether oxygens (including phenoxy) is 2. The minimum atomic E-state index is -0.699. The Kier molecular flexibility index (Phi) is 10.1. The Morgan fingerprint density at radius 3 is 2.02 bits per heavy atom. The van der Waals surface area contributed by atoms with Crippen molar-refractivity contribution in [2.75, 3.05) is 5.01 Å². The molecular weight excluding hydrogens is 548 g/mol. The van der Waals surface area contributed by atoms with Crippen LogP contribution in [0.3, 0.4) is 0 Å². The minimum Gasteiger partial charge on any atom is -0.458 e. The number of aromatic nitrogens is 2. The van der Waals surface area contributed by atoms with Crippen molar-refractivity contribution in [2.45, 2.75) is 52.7 Å². The van der Waals surface area contributed by atoms with Crippen LogP contribution >= 0.6 is 0 Å². The molecule has 1 N–H and O–H groups in total. The average Bonchev–Trinajstić information content (AvgIpc) is 3.53. The molecule has 2 aromatic carbocycles. The van der Waals surface area contributed by atoms with Crippen LogP contribution in [0.4, 0.5) is 5.69 Å². The van der Waals surface area contributed by atoms with Gasteiger partial charge in [-0.15, -0.1) is 0 Å². The Hall–Kier alpha value is -5.25. The summed E-state index contributed by atoms with van der Waals surface area (Å²) in [5, 5.41) is 8.29. The van der Waals surface area contributed by atoms with E-state index >= 15 is 0 Å². The zero-order valence-corrected chi connectivity index (χ0v) is 24.5. The van der Waals surface area contributed by atoms with Gasteiger partial charge in [-0.2, -0.15) is 10.1 Å². The number of rotatable bonds is 11. The third kappa shape index (κ3) is 7.16. The maximum atomic E-state index is 13.3. The lowest BCUT2D eigenvalue weighted by molar-refractivity contribution is -0.140. The average molecular weight is 583 g/mol. The molecule has 10 nitrogen and oxygen atoms in total. The summed E-state index contributed by atoms with van der Waals surface area (Å²) >= 11 is 0. The predicted molar refractivity (Wildman–Crippen MR) is 165 cm³/mol. The highest BCUT2D eigenvalue weighted by Gasteiger charge is 2.36. The van der Waals surface area contributed by atoms with Crippen molar-refractivity contribution in [2.24, 2.45) is 5.10 Å². The Bertz CT molecular complexity index is 1650. The first-order valence-electron chi connectivity index (χ1n) is 14.1. The number of para-hydroxylation sites is 2. The van der Waals surface area contributed by atoms with Crippen LogP contribution in [0.15, 0.2) is 100 Å². The molecule has 0 saturated heterocycles. The largest absolute Gasteiger partial charge is 0.458 e. The van der Waals surface area contributed by atoms with Crippen LogP contribution < -0.4 is 10.6 Å². The number of nitrogens with zero attached hydrogens (tertiary/aromatic N) is 3. The fourth-order valence-electron chi connectivity index (χ4n) is 3.99. The minimum absolute atomic E-state index is 0.0174. The Morgan fingerprint density at radius 2 is 1.42 bits per heavy atom. The molecule has 1 aliphatic heterocycles. The van der Waals surface area contributed by atoms with E-state index in [1.54, 1.807) is 80.6 Å². The third-order valence-electron chi connectivity index (χ3n) is 6.73. The molecule has 2 heterocycles. The highest BCUT2D eigenvalue weighted by atomic mass is 16.5. The van der Waals surface area contributed by atoms with Crippen LogP contribution in [0, 0.1) is 0 Å². The van der Waals surface area contributed by atoms with Gasteiger partial charge in [0.25, 0.3) is 11.5 Å². The zero-order valence-electron chi connectivity index (χ0n) is 24.5. The number of benzene rings is 2. The van der Waals surface area contributed by atoms with Gasteiger partial charge in [-0.3, -0.25) is 14.7 Å². The summed E-state index contributed by atoms with van der Waals surface area (Å²) < 4.78 is 12.2. The van der Waals surface area contributed by atoms with Crippen molar-refractivity contribution in [3.8, 4) is 5.69 Å². The molecule has 0 saturated carbocycles. The van der Waals surface area contributed by atoms with E-state index in [0.717, 1.165) is 5.01 Å². The van der Waals surface area contributed by atoms with Crippen LogP contribution in [-0.2, 0) is 19.1 Å². The number of hydrogen-bond donors (Lipinski definition) is 1. The highest BCUT2D eigenvalue weighted by Crippen LogP contribution is 2.24. The van der Waals surface area contributed by atoms with Gasteiger partial charge in [0.2, 0.25) is 0 Å². The van der Waals surface area contributed by atoms with E-state index in [-0.39, 0.29) is 34.8 Å². The molecule has 0 fully saturated rings. The first kappa shape index (κ1) is 30.7. The van der Waals surface area contributed by atoms with Crippen molar-refractivity contribution in [1.29, 1.82) is 0 Å². The smallest absolute Gasteiger partial charge is 0.359 e. The number of amides is 1. The van der Waals surface area contributed by atoms with E-state index in [9.17, 15) is 19.2 Å². The lowest BCUT2D eigenvalue weighted by atomic mass is 10.1. The van der Waals surface area contributed by atoms with Gasteiger partial charge in [0.1, 0.15) is 0 Å². The molecule has 1 aromatic heterocycles. The number of esters is 2. The molecule has 0 aliphatic carbocycles. The van der Waals surface area contributed by atoms with Crippen molar-refractivity contribution in [3.05, 3.63) is 112 Å². The molecule has 1 aliphatic rings. The molecule has 222 valence electrons. The van der Waals surface area contributed by atoms with Gasteiger partial charge in [-0.05, 0) is 63.1 Å². The number of hydrogen-bond acceptors (Lipinski definition) is 7. The lowest BCUT2D eigenvalue weighted by Crippen LogP contribution is -2.24. The van der Waals surface area contributed by atoms with Crippen molar-refractivity contribution in [3.63, 3.8) is 0 Å². The first-order chi connectivity index (χ1) is 20.7. The van der Waals surface area contributed by atoms with Gasteiger partial charge in [0.15, 0.2) is 11.4 Å². The maximum Gasteiger partial charge on any atom is 0.359 e. The number of H-pyrrole nitrogens is 1. The number of nitrogens with one attached hydrogen (secondary N) is 1. The van der Waals surface area contributed by atoms with Gasteiger partial charge in [0.05, 0.1) is 34.7 Å². The fourth-order valence-corrected chi connectivity index (χ4v) is 3.99. The van der Waals surface area contributed by atoms with Gasteiger partial charge in [-0.1, -0.05) is 68.5 Å². The maximum absolute atomic E-state index is 13.3. The molecule has 10 heteroatoms. The van der Waals surface area contributed by atoms with Crippen LogP contribution in [-0.4, -0.2) is 45.5 Å². The van der Waals surface area contributed by atoms with Crippen LogP contribution in [0.25, 0.3) is 11.8 Å². The second-order valence-electron chi connectivity index (χ2n) is 9.85. The summed E-state index contributed by atoms with van der Waals surface area (Å²) in [4.78, 5) is 52.3. The van der Waals surface area contributed by atoms with E-state index < -0.39 is 23.4 Å². The highest BCUT2D eigenvalue weighted by molar-refractivity contribution is 6.53. The topological polar surface area (TPSA) is 123 Å². The van der Waals surface area contributed by atoms with Crippen molar-refractivity contribution in [1.82, 2.24) is 9.78 Å². The van der Waals surface area contributed by atoms with Gasteiger partial charge in [0, 0.05) is 0 Å². The monoisotopic (exact) mass is 582 g/mol. The molecule has 4 rings (SSSR count). The lowest BCUT2D eigenvalue weighted by Gasteiger charge is -2.10. The van der Waals surface area contributed by atoms with Crippen molar-refractivity contribution < 1.29 is 23.9 Å². The molecule has 3 aromatic rings. The Morgan fingerprint density at radius 1 is 0.837 bits per heavy atom. The quantitative estimate of drug-likeness (QED) is 0.184.